The number of hydrogen-bond donors (Lipinski definition) is 1. The highest BCUT2D eigenvalue weighted by Crippen LogP contribution is 2.30. The summed E-state index contributed by atoms with van der Waals surface area (Å²) in [6, 6.07) is 22.5. The van der Waals surface area contributed by atoms with Gasteiger partial charge in [-0.25, -0.2) is 18.4 Å². The van der Waals surface area contributed by atoms with Gasteiger partial charge in [0.2, 0.25) is 0 Å². The summed E-state index contributed by atoms with van der Waals surface area (Å²) in [4.78, 5) is 21.1. The molecule has 0 aliphatic heterocycles. The van der Waals surface area contributed by atoms with Gasteiger partial charge in [0, 0.05) is 30.2 Å². The second kappa shape index (κ2) is 10.0. The van der Waals surface area contributed by atoms with Crippen LogP contribution in [0.15, 0.2) is 96.2 Å². The molecule has 3 aromatic carbocycles. The lowest BCUT2D eigenvalue weighted by Crippen LogP contribution is -2.31. The number of benzene rings is 3. The van der Waals surface area contributed by atoms with Crippen molar-refractivity contribution in [3.8, 4) is 11.4 Å². The summed E-state index contributed by atoms with van der Waals surface area (Å²) in [5.74, 6) is 0.0262. The quantitative estimate of drug-likeness (QED) is 0.379. The summed E-state index contributed by atoms with van der Waals surface area (Å²) in [5.41, 5.74) is 1.87. The number of amides is 1. The van der Waals surface area contributed by atoms with Crippen LogP contribution in [0.2, 0.25) is 5.02 Å². The third kappa shape index (κ3) is 4.93. The first-order chi connectivity index (χ1) is 16.4. The highest BCUT2D eigenvalue weighted by Gasteiger charge is 2.26. The summed E-state index contributed by atoms with van der Waals surface area (Å²) in [6.45, 7) is 1.95. The highest BCUT2D eigenvalue weighted by atomic mass is 35.5. The number of carbonyl (C=O) groups excluding carboxylic acids is 1. The molecule has 1 N–H and O–H groups in total. The lowest BCUT2D eigenvalue weighted by molar-refractivity contribution is 0.102. The van der Waals surface area contributed by atoms with E-state index >= 15 is 0 Å². The van der Waals surface area contributed by atoms with Gasteiger partial charge in [0.15, 0.2) is 5.82 Å². The molecule has 0 atom stereocenters. The van der Waals surface area contributed by atoms with Crippen LogP contribution in [0.1, 0.15) is 17.3 Å². The van der Waals surface area contributed by atoms with Crippen molar-refractivity contribution in [2.75, 3.05) is 16.2 Å². The largest absolute Gasteiger partial charge is 0.322 e. The van der Waals surface area contributed by atoms with Crippen LogP contribution in [-0.2, 0) is 10.0 Å². The average Bonchev–Trinajstić information content (AvgIpc) is 2.86. The fourth-order valence-corrected chi connectivity index (χ4v) is 5.34. The molecule has 1 heterocycles. The molecule has 34 heavy (non-hydrogen) atoms. The van der Waals surface area contributed by atoms with E-state index in [9.17, 15) is 13.2 Å². The number of nitrogens with one attached hydrogen (secondary N) is 1. The van der Waals surface area contributed by atoms with Crippen molar-refractivity contribution in [3.63, 3.8) is 0 Å². The molecule has 0 bridgehead atoms. The van der Waals surface area contributed by atoms with Crippen molar-refractivity contribution in [2.45, 2.75) is 11.8 Å². The third-order valence-corrected chi connectivity index (χ3v) is 7.42. The molecule has 0 saturated carbocycles. The van der Waals surface area contributed by atoms with E-state index in [2.05, 4.69) is 15.3 Å². The van der Waals surface area contributed by atoms with Crippen molar-refractivity contribution in [3.05, 3.63) is 102 Å². The van der Waals surface area contributed by atoms with Crippen molar-refractivity contribution in [1.29, 1.82) is 0 Å². The van der Waals surface area contributed by atoms with Crippen molar-refractivity contribution in [2.24, 2.45) is 0 Å². The highest BCUT2D eigenvalue weighted by molar-refractivity contribution is 7.93. The fourth-order valence-electron chi connectivity index (χ4n) is 3.37. The molecule has 0 saturated heterocycles. The van der Waals surface area contributed by atoms with Gasteiger partial charge in [-0.1, -0.05) is 60.1 Å². The second-order valence-corrected chi connectivity index (χ2v) is 9.50. The Kier molecular flexibility index (Phi) is 6.90. The minimum Gasteiger partial charge on any atom is -0.322 e. The number of aromatic nitrogens is 2. The summed E-state index contributed by atoms with van der Waals surface area (Å²) in [7, 11) is -3.97. The predicted molar refractivity (Wildman–Crippen MR) is 134 cm³/mol. The molecule has 172 valence electrons. The van der Waals surface area contributed by atoms with Crippen LogP contribution in [0.25, 0.3) is 11.4 Å². The maximum absolute atomic E-state index is 13.4. The molecular formula is C25H21ClN4O3S. The van der Waals surface area contributed by atoms with E-state index in [1.807, 2.05) is 36.4 Å². The SMILES string of the molecule is CCN(c1ccccc1)S(=O)(=O)c1cc(NC(=O)c2cnc(-c3ccccc3)nc2)ccc1Cl. The Morgan fingerprint density at radius 1 is 0.941 bits per heavy atom. The number of rotatable bonds is 7. The third-order valence-electron chi connectivity index (χ3n) is 5.03. The van der Waals surface area contributed by atoms with Crippen LogP contribution in [0.5, 0.6) is 0 Å². The summed E-state index contributed by atoms with van der Waals surface area (Å²) >= 11 is 6.26. The Bertz CT molecular complexity index is 1400. The van der Waals surface area contributed by atoms with Crippen LogP contribution in [0.4, 0.5) is 11.4 Å². The van der Waals surface area contributed by atoms with Crippen molar-refractivity contribution in [1.82, 2.24) is 9.97 Å². The number of anilines is 2. The van der Waals surface area contributed by atoms with E-state index < -0.39 is 15.9 Å². The first-order valence-electron chi connectivity index (χ1n) is 10.5. The Labute approximate surface area is 203 Å². The van der Waals surface area contributed by atoms with Gasteiger partial charge in [-0.3, -0.25) is 9.10 Å². The van der Waals surface area contributed by atoms with Gasteiger partial charge in [0.25, 0.3) is 15.9 Å². The van der Waals surface area contributed by atoms with Gasteiger partial charge in [-0.15, -0.1) is 0 Å². The predicted octanol–water partition coefficient (Wildman–Crippen LogP) is 5.26. The number of para-hydroxylation sites is 1. The van der Waals surface area contributed by atoms with Crippen molar-refractivity contribution >= 4 is 38.9 Å². The molecule has 0 radical (unpaired) electrons. The van der Waals surface area contributed by atoms with Crippen LogP contribution < -0.4 is 9.62 Å². The minimum atomic E-state index is -3.97. The van der Waals surface area contributed by atoms with E-state index in [1.165, 1.54) is 34.9 Å². The molecule has 0 fully saturated rings. The zero-order valence-electron chi connectivity index (χ0n) is 18.2. The lowest BCUT2D eigenvalue weighted by Gasteiger charge is -2.23. The average molecular weight is 493 g/mol. The molecule has 7 nitrogen and oxygen atoms in total. The van der Waals surface area contributed by atoms with Gasteiger partial charge in [0.1, 0.15) is 4.90 Å². The Morgan fingerprint density at radius 3 is 2.18 bits per heavy atom. The number of nitrogens with zero attached hydrogens (tertiary/aromatic N) is 3. The molecule has 4 aromatic rings. The van der Waals surface area contributed by atoms with Crippen LogP contribution in [0, 0.1) is 0 Å². The minimum absolute atomic E-state index is 0.0583. The zero-order valence-corrected chi connectivity index (χ0v) is 19.8. The molecule has 0 aliphatic rings. The first-order valence-corrected chi connectivity index (χ1v) is 12.3. The zero-order chi connectivity index (χ0) is 24.1. The standard InChI is InChI=1S/C25H21ClN4O3S/c1-2-30(21-11-7-4-8-12-21)34(32,33)23-15-20(13-14-22(23)26)29-25(31)19-16-27-24(28-17-19)18-9-5-3-6-10-18/h3-17H,2H2,1H3,(H,29,31). The van der Waals surface area contributed by atoms with E-state index in [0.29, 0.717) is 11.5 Å². The topological polar surface area (TPSA) is 92.3 Å². The molecule has 0 spiro atoms. The lowest BCUT2D eigenvalue weighted by atomic mass is 10.2. The van der Waals surface area contributed by atoms with Gasteiger partial charge in [-0.05, 0) is 37.3 Å². The molecule has 9 heteroatoms. The normalized spacial score (nSPS) is 11.1. The molecule has 0 aliphatic carbocycles. The maximum Gasteiger partial charge on any atom is 0.265 e. The molecule has 1 aromatic heterocycles. The van der Waals surface area contributed by atoms with Crippen LogP contribution >= 0.6 is 11.6 Å². The Balaban J connectivity index is 1.58. The van der Waals surface area contributed by atoms with Gasteiger partial charge >= 0.3 is 0 Å². The monoisotopic (exact) mass is 492 g/mol. The molecule has 1 amide bonds. The van der Waals surface area contributed by atoms with E-state index in [4.69, 9.17) is 11.6 Å². The summed E-state index contributed by atoms with van der Waals surface area (Å²) in [5, 5.41) is 2.75. The molecule has 4 rings (SSSR count). The number of carbonyl (C=O) groups is 1. The van der Waals surface area contributed by atoms with Gasteiger partial charge < -0.3 is 5.32 Å². The smallest absolute Gasteiger partial charge is 0.265 e. The number of sulfonamides is 1. The van der Waals surface area contributed by atoms with E-state index in [1.54, 1.807) is 31.2 Å². The Hall–Kier alpha value is -3.75. The fraction of sp³-hybridized carbons (Fsp3) is 0.0800. The van der Waals surface area contributed by atoms with Crippen molar-refractivity contribution < 1.29 is 13.2 Å². The van der Waals surface area contributed by atoms with E-state index in [0.717, 1.165) is 5.56 Å². The second-order valence-electron chi connectivity index (χ2n) is 7.27. The van der Waals surface area contributed by atoms with Crippen LogP contribution in [0.3, 0.4) is 0 Å². The van der Waals surface area contributed by atoms with Gasteiger partial charge in [0.05, 0.1) is 16.3 Å². The number of hydrogen-bond acceptors (Lipinski definition) is 5. The molecular weight excluding hydrogens is 472 g/mol. The first kappa shape index (κ1) is 23.4. The number of halogens is 1. The van der Waals surface area contributed by atoms with E-state index in [-0.39, 0.29) is 27.7 Å². The summed E-state index contributed by atoms with van der Waals surface area (Å²) in [6.07, 6.45) is 2.85. The summed E-state index contributed by atoms with van der Waals surface area (Å²) < 4.78 is 28.0. The Morgan fingerprint density at radius 2 is 1.56 bits per heavy atom. The maximum atomic E-state index is 13.4. The van der Waals surface area contributed by atoms with Crippen LogP contribution in [-0.4, -0.2) is 30.8 Å². The molecule has 0 unspecified atom stereocenters. The van der Waals surface area contributed by atoms with Gasteiger partial charge in [-0.2, -0.15) is 0 Å².